The Bertz CT molecular complexity index is 549. The third kappa shape index (κ3) is 4.49. The molecular weight excluding hydrogens is 304 g/mol. The maximum atomic E-state index is 12.2. The molecule has 1 heterocycles. The molecule has 3 rings (SSSR count). The zero-order valence-corrected chi connectivity index (χ0v) is 14.1. The molecule has 1 aliphatic carbocycles. The summed E-state index contributed by atoms with van der Waals surface area (Å²) < 4.78 is 5.52. The van der Waals surface area contributed by atoms with Crippen LogP contribution < -0.4 is 10.1 Å². The molecule has 2 fully saturated rings. The molecular formula is C19H26N2O3. The molecule has 1 aromatic carbocycles. The van der Waals surface area contributed by atoms with Crippen molar-refractivity contribution in [2.45, 2.75) is 32.1 Å². The van der Waals surface area contributed by atoms with Gasteiger partial charge in [-0.25, -0.2) is 0 Å². The fourth-order valence-corrected chi connectivity index (χ4v) is 3.20. The number of benzene rings is 1. The van der Waals surface area contributed by atoms with E-state index in [1.165, 1.54) is 6.42 Å². The quantitative estimate of drug-likeness (QED) is 0.870. The molecule has 5 heteroatoms. The monoisotopic (exact) mass is 330 g/mol. The fraction of sp³-hybridized carbons (Fsp3) is 0.579. The van der Waals surface area contributed by atoms with Crippen LogP contribution in [0.1, 0.15) is 32.1 Å². The van der Waals surface area contributed by atoms with E-state index in [1.807, 2.05) is 35.2 Å². The van der Waals surface area contributed by atoms with E-state index in [0.717, 1.165) is 51.1 Å². The number of piperidine rings is 1. The van der Waals surface area contributed by atoms with E-state index in [9.17, 15) is 9.59 Å². The predicted molar refractivity (Wildman–Crippen MR) is 91.6 cm³/mol. The molecule has 1 saturated heterocycles. The van der Waals surface area contributed by atoms with Crippen molar-refractivity contribution in [3.63, 3.8) is 0 Å². The van der Waals surface area contributed by atoms with Gasteiger partial charge in [0.05, 0.1) is 0 Å². The number of carbonyl (C=O) groups excluding carboxylic acids is 2. The van der Waals surface area contributed by atoms with Gasteiger partial charge in [0.25, 0.3) is 5.91 Å². The van der Waals surface area contributed by atoms with Gasteiger partial charge in [-0.3, -0.25) is 9.59 Å². The van der Waals surface area contributed by atoms with Gasteiger partial charge in [-0.15, -0.1) is 0 Å². The molecule has 0 radical (unpaired) electrons. The van der Waals surface area contributed by atoms with Crippen molar-refractivity contribution in [2.24, 2.45) is 11.8 Å². The first-order chi connectivity index (χ1) is 11.7. The Labute approximate surface area is 143 Å². The Morgan fingerprint density at radius 1 is 1.08 bits per heavy atom. The first-order valence-electron chi connectivity index (χ1n) is 8.95. The highest BCUT2D eigenvalue weighted by Crippen LogP contribution is 2.26. The van der Waals surface area contributed by atoms with Gasteiger partial charge >= 0.3 is 0 Å². The van der Waals surface area contributed by atoms with Crippen LogP contribution in [0.15, 0.2) is 30.3 Å². The number of likely N-dealkylation sites (tertiary alicyclic amines) is 1. The van der Waals surface area contributed by atoms with Gasteiger partial charge in [0.15, 0.2) is 6.61 Å². The van der Waals surface area contributed by atoms with Crippen LogP contribution in [0.3, 0.4) is 0 Å². The molecule has 0 atom stereocenters. The van der Waals surface area contributed by atoms with E-state index in [2.05, 4.69) is 5.32 Å². The Morgan fingerprint density at radius 3 is 2.42 bits per heavy atom. The summed E-state index contributed by atoms with van der Waals surface area (Å²) in [6, 6.07) is 9.41. The van der Waals surface area contributed by atoms with E-state index < -0.39 is 0 Å². The standard InChI is InChI=1S/C19H26N2O3/c22-18(14-24-17-7-2-1-3-8-17)21-11-9-15(10-12-21)13-20-19(23)16-5-4-6-16/h1-3,7-8,15-16H,4-6,9-14H2,(H,20,23). The predicted octanol–water partition coefficient (Wildman–Crippen LogP) is 2.22. The lowest BCUT2D eigenvalue weighted by atomic mass is 9.84. The summed E-state index contributed by atoms with van der Waals surface area (Å²) >= 11 is 0. The second kappa shape index (κ2) is 8.18. The first kappa shape index (κ1) is 16.8. The average Bonchev–Trinajstić information content (AvgIpc) is 2.58. The summed E-state index contributed by atoms with van der Waals surface area (Å²) in [5.74, 6) is 1.71. The van der Waals surface area contributed by atoms with Gasteiger partial charge in [0.1, 0.15) is 5.75 Å². The Morgan fingerprint density at radius 2 is 1.79 bits per heavy atom. The molecule has 1 aliphatic heterocycles. The van der Waals surface area contributed by atoms with Crippen molar-refractivity contribution in [2.75, 3.05) is 26.2 Å². The van der Waals surface area contributed by atoms with Crippen molar-refractivity contribution in [3.05, 3.63) is 30.3 Å². The number of amides is 2. The first-order valence-corrected chi connectivity index (χ1v) is 8.95. The van der Waals surface area contributed by atoms with Crippen molar-refractivity contribution in [1.82, 2.24) is 10.2 Å². The third-order valence-corrected chi connectivity index (χ3v) is 5.11. The number of hydrogen-bond donors (Lipinski definition) is 1. The smallest absolute Gasteiger partial charge is 0.260 e. The highest BCUT2D eigenvalue weighted by Gasteiger charge is 2.27. The number of hydrogen-bond acceptors (Lipinski definition) is 3. The minimum absolute atomic E-state index is 0.0378. The van der Waals surface area contributed by atoms with Gasteiger partial charge in [0, 0.05) is 25.6 Å². The maximum Gasteiger partial charge on any atom is 0.260 e. The van der Waals surface area contributed by atoms with Crippen molar-refractivity contribution >= 4 is 11.8 Å². The van der Waals surface area contributed by atoms with Crippen LogP contribution in [0.25, 0.3) is 0 Å². The van der Waals surface area contributed by atoms with Crippen molar-refractivity contribution in [3.8, 4) is 5.75 Å². The highest BCUT2D eigenvalue weighted by molar-refractivity contribution is 5.79. The van der Waals surface area contributed by atoms with Gasteiger partial charge in [0.2, 0.25) is 5.91 Å². The number of ether oxygens (including phenoxy) is 1. The van der Waals surface area contributed by atoms with Gasteiger partial charge in [-0.1, -0.05) is 24.6 Å². The number of nitrogens with one attached hydrogen (secondary N) is 1. The molecule has 0 spiro atoms. The summed E-state index contributed by atoms with van der Waals surface area (Å²) in [5, 5.41) is 3.08. The number of rotatable bonds is 6. The van der Waals surface area contributed by atoms with Crippen molar-refractivity contribution < 1.29 is 14.3 Å². The molecule has 2 aliphatic rings. The van der Waals surface area contributed by atoms with Crippen LogP contribution in [-0.4, -0.2) is 43.0 Å². The van der Waals surface area contributed by atoms with E-state index in [0.29, 0.717) is 5.92 Å². The van der Waals surface area contributed by atoms with E-state index >= 15 is 0 Å². The molecule has 0 unspecified atom stereocenters. The van der Waals surface area contributed by atoms with Gasteiger partial charge < -0.3 is 15.0 Å². The van der Waals surface area contributed by atoms with Crippen LogP contribution >= 0.6 is 0 Å². The summed E-state index contributed by atoms with van der Waals surface area (Å²) in [4.78, 5) is 25.9. The molecule has 24 heavy (non-hydrogen) atoms. The summed E-state index contributed by atoms with van der Waals surface area (Å²) in [6.45, 7) is 2.34. The van der Waals surface area contributed by atoms with E-state index in [-0.39, 0.29) is 24.3 Å². The lowest BCUT2D eigenvalue weighted by Crippen LogP contribution is -2.44. The topological polar surface area (TPSA) is 58.6 Å². The lowest BCUT2D eigenvalue weighted by molar-refractivity contribution is -0.135. The molecule has 130 valence electrons. The fourth-order valence-electron chi connectivity index (χ4n) is 3.20. The maximum absolute atomic E-state index is 12.2. The Hall–Kier alpha value is -2.04. The molecule has 0 bridgehead atoms. The minimum atomic E-state index is 0.0378. The molecule has 1 saturated carbocycles. The van der Waals surface area contributed by atoms with Crippen LogP contribution in [0.2, 0.25) is 0 Å². The van der Waals surface area contributed by atoms with Crippen LogP contribution in [-0.2, 0) is 9.59 Å². The summed E-state index contributed by atoms with van der Waals surface area (Å²) in [7, 11) is 0. The largest absolute Gasteiger partial charge is 0.484 e. The second-order valence-corrected chi connectivity index (χ2v) is 6.80. The van der Waals surface area contributed by atoms with Gasteiger partial charge in [-0.05, 0) is 43.7 Å². The second-order valence-electron chi connectivity index (χ2n) is 6.80. The minimum Gasteiger partial charge on any atom is -0.484 e. The zero-order valence-electron chi connectivity index (χ0n) is 14.1. The number of para-hydroxylation sites is 1. The zero-order chi connectivity index (χ0) is 16.8. The third-order valence-electron chi connectivity index (χ3n) is 5.11. The van der Waals surface area contributed by atoms with Gasteiger partial charge in [-0.2, -0.15) is 0 Å². The number of nitrogens with zero attached hydrogens (tertiary/aromatic N) is 1. The molecule has 1 aromatic rings. The van der Waals surface area contributed by atoms with Crippen LogP contribution in [0.5, 0.6) is 5.75 Å². The van der Waals surface area contributed by atoms with E-state index in [4.69, 9.17) is 4.74 Å². The summed E-state index contributed by atoms with van der Waals surface area (Å²) in [5.41, 5.74) is 0. The Balaban J connectivity index is 1.33. The number of carbonyl (C=O) groups is 2. The van der Waals surface area contributed by atoms with Crippen molar-refractivity contribution in [1.29, 1.82) is 0 Å². The lowest BCUT2D eigenvalue weighted by Gasteiger charge is -2.32. The SMILES string of the molecule is O=C(NCC1CCN(C(=O)COc2ccccc2)CC1)C1CCC1. The highest BCUT2D eigenvalue weighted by atomic mass is 16.5. The molecule has 5 nitrogen and oxygen atoms in total. The molecule has 1 N–H and O–H groups in total. The van der Waals surface area contributed by atoms with Crippen LogP contribution in [0, 0.1) is 11.8 Å². The average molecular weight is 330 g/mol. The summed E-state index contributed by atoms with van der Waals surface area (Å²) in [6.07, 6.45) is 5.16. The van der Waals surface area contributed by atoms with E-state index in [1.54, 1.807) is 0 Å². The molecule has 0 aromatic heterocycles. The normalized spacial score (nSPS) is 18.8. The Kier molecular flexibility index (Phi) is 5.72. The molecule has 2 amide bonds. The van der Waals surface area contributed by atoms with Crippen LogP contribution in [0.4, 0.5) is 0 Å².